The average Bonchev–Trinajstić information content (AvgIpc) is 2.70. The molecule has 0 saturated heterocycles. The maximum Gasteiger partial charge on any atom is 0.543 e. The third-order valence-electron chi connectivity index (χ3n) is 4.89. The number of unbranched alkanes of at least 4 members (excludes halogenated alkanes) is 11. The first-order valence-electron chi connectivity index (χ1n) is 11.3. The topological polar surface area (TPSA) is 71.1 Å². The van der Waals surface area contributed by atoms with Gasteiger partial charge in [-0.25, -0.2) is 14.5 Å². The van der Waals surface area contributed by atoms with E-state index in [9.17, 15) is 9.59 Å². The molecule has 6 heteroatoms. The molecule has 0 amide bonds. The zero-order valence-corrected chi connectivity index (χ0v) is 18.9. The summed E-state index contributed by atoms with van der Waals surface area (Å²) in [6, 6.07) is 5.25. The predicted molar refractivity (Wildman–Crippen MR) is 116 cm³/mol. The van der Waals surface area contributed by atoms with E-state index in [2.05, 4.69) is 21.7 Å². The van der Waals surface area contributed by atoms with Crippen LogP contribution >= 0.6 is 0 Å². The molecule has 0 heterocycles. The number of benzene rings is 1. The Morgan fingerprint density at radius 3 is 1.73 bits per heavy atom. The van der Waals surface area contributed by atoms with Gasteiger partial charge in [0.2, 0.25) is 0 Å². The molecule has 0 bridgehead atoms. The Hall–Kier alpha value is -2.08. The van der Waals surface area contributed by atoms with Crippen LogP contribution in [-0.2, 0) is 19.6 Å². The van der Waals surface area contributed by atoms with Crippen molar-refractivity contribution in [3.63, 3.8) is 0 Å². The molecule has 0 aliphatic carbocycles. The van der Waals surface area contributed by atoms with Gasteiger partial charge in [-0.1, -0.05) is 94.7 Å². The molecule has 6 nitrogen and oxygen atoms in total. The number of carbonyl (C=O) groups excluding carboxylic acids is 2. The van der Waals surface area contributed by atoms with E-state index < -0.39 is 12.1 Å². The van der Waals surface area contributed by atoms with Crippen LogP contribution in [0, 0.1) is 13.8 Å². The molecular formula is C24H38O6. The van der Waals surface area contributed by atoms with E-state index in [-0.39, 0.29) is 6.61 Å². The molecule has 0 N–H and O–H groups in total. The Balaban J connectivity index is 1.93. The predicted octanol–water partition coefficient (Wildman–Crippen LogP) is 7.16. The van der Waals surface area contributed by atoms with Crippen LogP contribution < -0.4 is 0 Å². The summed E-state index contributed by atoms with van der Waals surface area (Å²) in [7, 11) is 0. The van der Waals surface area contributed by atoms with Gasteiger partial charge in [-0.15, -0.1) is 0 Å². The zero-order chi connectivity index (χ0) is 22.0. The smallest absolute Gasteiger partial charge is 0.432 e. The van der Waals surface area contributed by atoms with E-state index in [4.69, 9.17) is 4.74 Å². The second-order valence-electron chi connectivity index (χ2n) is 7.89. The lowest BCUT2D eigenvalue weighted by Gasteiger charge is -2.05. The van der Waals surface area contributed by atoms with Gasteiger partial charge in [0.25, 0.3) is 0 Å². The quantitative estimate of drug-likeness (QED) is 0.122. The molecule has 0 atom stereocenters. The van der Waals surface area contributed by atoms with Gasteiger partial charge < -0.3 is 4.74 Å². The van der Waals surface area contributed by atoms with Crippen molar-refractivity contribution >= 4 is 12.1 Å². The van der Waals surface area contributed by atoms with Crippen LogP contribution in [0.1, 0.15) is 105 Å². The largest absolute Gasteiger partial charge is 0.543 e. The SMILES string of the molecule is CCCCCCCCCCCCCCOC(=O)OOOC(=O)c1cc(C)cc(C)c1. The van der Waals surface area contributed by atoms with Crippen molar-refractivity contribution in [2.75, 3.05) is 6.61 Å². The molecule has 1 aromatic rings. The van der Waals surface area contributed by atoms with Crippen LogP contribution in [0.5, 0.6) is 0 Å². The number of hydrogen-bond donors (Lipinski definition) is 0. The monoisotopic (exact) mass is 422 g/mol. The highest BCUT2D eigenvalue weighted by Gasteiger charge is 2.12. The number of ether oxygens (including phenoxy) is 1. The highest BCUT2D eigenvalue weighted by Crippen LogP contribution is 2.12. The Labute approximate surface area is 181 Å². The Kier molecular flexibility index (Phi) is 14.4. The third-order valence-corrected chi connectivity index (χ3v) is 4.89. The average molecular weight is 423 g/mol. The molecule has 0 saturated carbocycles. The summed E-state index contributed by atoms with van der Waals surface area (Å²) < 4.78 is 4.88. The first kappa shape index (κ1) is 26.0. The van der Waals surface area contributed by atoms with Crippen LogP contribution in [0.15, 0.2) is 18.2 Å². The first-order valence-corrected chi connectivity index (χ1v) is 11.3. The van der Waals surface area contributed by atoms with Crippen molar-refractivity contribution < 1.29 is 29.1 Å². The molecular weight excluding hydrogens is 384 g/mol. The minimum absolute atomic E-state index is 0.255. The summed E-state index contributed by atoms with van der Waals surface area (Å²) in [5.74, 6) is -0.740. The standard InChI is InChI=1S/C24H38O6/c1-4-5-6-7-8-9-10-11-12-13-14-15-16-27-24(26)29-30-28-23(25)22-18-20(2)17-21(3)19-22/h17-19H,4-16H2,1-3H3. The maximum absolute atomic E-state index is 11.8. The molecule has 1 rings (SSSR count). The van der Waals surface area contributed by atoms with Crippen molar-refractivity contribution in [3.05, 3.63) is 34.9 Å². The Morgan fingerprint density at radius 1 is 0.700 bits per heavy atom. The number of carbonyl (C=O) groups is 2. The lowest BCUT2D eigenvalue weighted by Crippen LogP contribution is -2.13. The molecule has 170 valence electrons. The molecule has 0 aromatic heterocycles. The molecule has 0 unspecified atom stereocenters. The summed E-state index contributed by atoms with van der Waals surface area (Å²) in [5.41, 5.74) is 2.16. The minimum Gasteiger partial charge on any atom is -0.432 e. The molecule has 0 aliphatic heterocycles. The van der Waals surface area contributed by atoms with Crippen LogP contribution in [0.4, 0.5) is 4.79 Å². The first-order chi connectivity index (χ1) is 14.5. The van der Waals surface area contributed by atoms with Crippen molar-refractivity contribution in [2.24, 2.45) is 0 Å². The van der Waals surface area contributed by atoms with E-state index in [1.54, 1.807) is 12.1 Å². The van der Waals surface area contributed by atoms with Crippen molar-refractivity contribution in [1.29, 1.82) is 0 Å². The van der Waals surface area contributed by atoms with Gasteiger partial charge in [-0.3, -0.25) is 4.89 Å². The van der Waals surface area contributed by atoms with E-state index in [0.717, 1.165) is 30.4 Å². The summed E-state index contributed by atoms with van der Waals surface area (Å²) >= 11 is 0. The fourth-order valence-corrected chi connectivity index (χ4v) is 3.34. The molecule has 0 spiro atoms. The zero-order valence-electron chi connectivity index (χ0n) is 18.9. The summed E-state index contributed by atoms with van der Waals surface area (Å²) in [5, 5.41) is 4.23. The van der Waals surface area contributed by atoms with Gasteiger partial charge in [-0.05, 0) is 32.4 Å². The molecule has 0 radical (unpaired) electrons. The van der Waals surface area contributed by atoms with Crippen LogP contribution in [-0.4, -0.2) is 18.7 Å². The highest BCUT2D eigenvalue weighted by atomic mass is 17.5. The van der Waals surface area contributed by atoms with Gasteiger partial charge >= 0.3 is 12.1 Å². The number of aryl methyl sites for hydroxylation is 2. The molecule has 30 heavy (non-hydrogen) atoms. The Morgan fingerprint density at radius 2 is 1.20 bits per heavy atom. The van der Waals surface area contributed by atoms with Gasteiger partial charge in [0.05, 0.1) is 17.2 Å². The second kappa shape index (κ2) is 16.7. The van der Waals surface area contributed by atoms with Gasteiger partial charge in [0, 0.05) is 0 Å². The third kappa shape index (κ3) is 13.2. The molecule has 0 fully saturated rings. The van der Waals surface area contributed by atoms with E-state index in [0.29, 0.717) is 5.56 Å². The van der Waals surface area contributed by atoms with Gasteiger partial charge in [0.15, 0.2) is 0 Å². The van der Waals surface area contributed by atoms with E-state index in [1.165, 1.54) is 57.8 Å². The van der Waals surface area contributed by atoms with E-state index in [1.807, 2.05) is 19.9 Å². The van der Waals surface area contributed by atoms with Crippen molar-refractivity contribution in [3.8, 4) is 0 Å². The Bertz CT molecular complexity index is 593. The van der Waals surface area contributed by atoms with Crippen LogP contribution in [0.3, 0.4) is 0 Å². The van der Waals surface area contributed by atoms with Gasteiger partial charge in [-0.2, -0.15) is 0 Å². The maximum atomic E-state index is 11.8. The lowest BCUT2D eigenvalue weighted by molar-refractivity contribution is -0.452. The normalized spacial score (nSPS) is 10.6. The van der Waals surface area contributed by atoms with Crippen molar-refractivity contribution in [2.45, 2.75) is 97.8 Å². The number of rotatable bonds is 16. The minimum atomic E-state index is -1.02. The van der Waals surface area contributed by atoms with Crippen LogP contribution in [0.25, 0.3) is 0 Å². The molecule has 0 aliphatic rings. The highest BCUT2D eigenvalue weighted by molar-refractivity contribution is 5.89. The number of hydrogen-bond acceptors (Lipinski definition) is 6. The second-order valence-corrected chi connectivity index (χ2v) is 7.89. The van der Waals surface area contributed by atoms with Crippen LogP contribution in [0.2, 0.25) is 0 Å². The summed E-state index contributed by atoms with van der Waals surface area (Å²) in [6.07, 6.45) is 13.8. The van der Waals surface area contributed by atoms with Crippen molar-refractivity contribution in [1.82, 2.24) is 0 Å². The van der Waals surface area contributed by atoms with Gasteiger partial charge in [0.1, 0.15) is 0 Å². The fourth-order valence-electron chi connectivity index (χ4n) is 3.34. The summed E-state index contributed by atoms with van der Waals surface area (Å²) in [4.78, 5) is 32.0. The molecule has 1 aromatic carbocycles. The fraction of sp³-hybridized carbons (Fsp3) is 0.667. The summed E-state index contributed by atoms with van der Waals surface area (Å²) in [6.45, 7) is 6.24. The lowest BCUT2D eigenvalue weighted by atomic mass is 10.1. The van der Waals surface area contributed by atoms with E-state index >= 15 is 0 Å².